The molecule has 1 nitrogen and oxygen atoms in total. The molecule has 0 aliphatic rings. The summed E-state index contributed by atoms with van der Waals surface area (Å²) in [5, 5.41) is 4.28. The second-order valence-electron chi connectivity index (χ2n) is 2.19. The van der Waals surface area contributed by atoms with Crippen molar-refractivity contribution in [3.05, 3.63) is 29.8 Å². The standard InChI is InChI=1S/C8H4F3NSe/c9-8(10,11)13-7-3-1-2-6(4-7)5-12/h1-4H. The second-order valence-corrected chi connectivity index (χ2v) is 4.58. The van der Waals surface area contributed by atoms with Gasteiger partial charge in [-0.2, -0.15) is 0 Å². The maximum absolute atomic E-state index is 11.9. The van der Waals surface area contributed by atoms with Crippen LogP contribution in [0.3, 0.4) is 0 Å². The molecule has 0 aliphatic heterocycles. The summed E-state index contributed by atoms with van der Waals surface area (Å²) in [5.74, 6) is 0. The molecule has 0 bridgehead atoms. The van der Waals surface area contributed by atoms with Crippen LogP contribution in [0.25, 0.3) is 0 Å². The van der Waals surface area contributed by atoms with Crippen LogP contribution >= 0.6 is 0 Å². The van der Waals surface area contributed by atoms with E-state index < -0.39 is 20.0 Å². The van der Waals surface area contributed by atoms with E-state index in [4.69, 9.17) is 5.26 Å². The molecular weight excluding hydrogens is 246 g/mol. The number of hydrogen-bond acceptors (Lipinski definition) is 1. The molecule has 0 amide bonds. The van der Waals surface area contributed by atoms with Gasteiger partial charge in [0.05, 0.1) is 0 Å². The van der Waals surface area contributed by atoms with Crippen LogP contribution < -0.4 is 4.46 Å². The quantitative estimate of drug-likeness (QED) is 0.691. The monoisotopic (exact) mass is 251 g/mol. The Bertz CT molecular complexity index is 340. The zero-order chi connectivity index (χ0) is 9.90. The number of hydrogen-bond donors (Lipinski definition) is 0. The fourth-order valence-corrected chi connectivity index (χ4v) is 2.02. The molecule has 0 saturated heterocycles. The zero-order valence-electron chi connectivity index (χ0n) is 6.30. The van der Waals surface area contributed by atoms with E-state index in [1.165, 1.54) is 24.3 Å². The number of rotatable bonds is 1. The van der Waals surface area contributed by atoms with Gasteiger partial charge in [-0.25, -0.2) is 0 Å². The zero-order valence-corrected chi connectivity index (χ0v) is 8.01. The molecule has 0 aliphatic carbocycles. The van der Waals surface area contributed by atoms with Crippen molar-refractivity contribution in [3.8, 4) is 6.07 Å². The van der Waals surface area contributed by atoms with Crippen LogP contribution in [0, 0.1) is 11.3 Å². The summed E-state index contributed by atoms with van der Waals surface area (Å²) in [6.45, 7) is 0. The van der Waals surface area contributed by atoms with Crippen molar-refractivity contribution in [2.75, 3.05) is 0 Å². The fraction of sp³-hybridized carbons (Fsp3) is 0.125. The van der Waals surface area contributed by atoms with Gasteiger partial charge in [0, 0.05) is 0 Å². The van der Waals surface area contributed by atoms with Crippen molar-refractivity contribution >= 4 is 19.4 Å². The van der Waals surface area contributed by atoms with Gasteiger partial charge in [0.2, 0.25) is 0 Å². The molecule has 0 N–H and O–H groups in total. The van der Waals surface area contributed by atoms with Crippen LogP contribution in [0.1, 0.15) is 5.56 Å². The number of nitriles is 1. The van der Waals surface area contributed by atoms with Crippen LogP contribution in [0.5, 0.6) is 0 Å². The van der Waals surface area contributed by atoms with E-state index in [0.29, 0.717) is 0 Å². The predicted octanol–water partition coefficient (Wildman–Crippen LogP) is 1.41. The van der Waals surface area contributed by atoms with E-state index >= 15 is 0 Å². The van der Waals surface area contributed by atoms with Crippen LogP contribution in [0.15, 0.2) is 24.3 Å². The maximum atomic E-state index is 11.9. The van der Waals surface area contributed by atoms with E-state index in [-0.39, 0.29) is 10.0 Å². The molecule has 0 spiro atoms. The Labute approximate surface area is 79.3 Å². The normalized spacial score (nSPS) is 10.9. The number of nitrogens with zero attached hydrogens (tertiary/aromatic N) is 1. The van der Waals surface area contributed by atoms with Crippen LogP contribution in [0.4, 0.5) is 13.2 Å². The molecular formula is C8H4F3NSe. The van der Waals surface area contributed by atoms with E-state index in [9.17, 15) is 13.2 Å². The fourth-order valence-electron chi connectivity index (χ4n) is 0.763. The molecule has 0 unspecified atom stereocenters. The first-order valence-corrected chi connectivity index (χ1v) is 4.98. The molecule has 13 heavy (non-hydrogen) atoms. The Balaban J connectivity index is 2.86. The van der Waals surface area contributed by atoms with Crippen LogP contribution in [0.2, 0.25) is 0 Å². The van der Waals surface area contributed by atoms with Crippen molar-refractivity contribution in [2.24, 2.45) is 0 Å². The van der Waals surface area contributed by atoms with Gasteiger partial charge in [0.25, 0.3) is 0 Å². The third kappa shape index (κ3) is 3.49. The topological polar surface area (TPSA) is 23.8 Å². The van der Waals surface area contributed by atoms with Crippen LogP contribution in [-0.2, 0) is 0 Å². The summed E-state index contributed by atoms with van der Waals surface area (Å²) in [5.41, 5.74) is 0.267. The second kappa shape index (κ2) is 3.82. The number of benzene rings is 1. The van der Waals surface area contributed by atoms with Gasteiger partial charge < -0.3 is 0 Å². The molecule has 68 valence electrons. The van der Waals surface area contributed by atoms with Gasteiger partial charge in [-0.1, -0.05) is 0 Å². The van der Waals surface area contributed by atoms with Crippen molar-refractivity contribution < 1.29 is 13.2 Å². The first-order valence-electron chi connectivity index (χ1n) is 3.27. The predicted molar refractivity (Wildman–Crippen MR) is 42.6 cm³/mol. The van der Waals surface area contributed by atoms with Gasteiger partial charge in [0.1, 0.15) is 0 Å². The molecule has 0 aromatic heterocycles. The third-order valence-electron chi connectivity index (χ3n) is 1.20. The molecule has 1 aromatic rings. The Kier molecular flexibility index (Phi) is 2.97. The third-order valence-corrected chi connectivity index (χ3v) is 2.71. The molecule has 0 radical (unpaired) electrons. The summed E-state index contributed by atoms with van der Waals surface area (Å²) in [4.78, 5) is 0. The Morgan fingerprint density at radius 3 is 2.54 bits per heavy atom. The molecule has 0 fully saturated rings. The van der Waals surface area contributed by atoms with Gasteiger partial charge >= 0.3 is 78.8 Å². The van der Waals surface area contributed by atoms with E-state index in [2.05, 4.69) is 0 Å². The summed E-state index contributed by atoms with van der Waals surface area (Å²) in [6.07, 6.45) is 0. The van der Waals surface area contributed by atoms with Crippen molar-refractivity contribution in [1.29, 1.82) is 5.26 Å². The minimum absolute atomic E-state index is 0.180. The Hall–Kier alpha value is -0.981. The molecule has 5 heteroatoms. The van der Waals surface area contributed by atoms with Crippen molar-refractivity contribution in [3.63, 3.8) is 0 Å². The Morgan fingerprint density at radius 1 is 1.31 bits per heavy atom. The van der Waals surface area contributed by atoms with Crippen LogP contribution in [-0.4, -0.2) is 20.0 Å². The summed E-state index contributed by atoms with van der Waals surface area (Å²) in [6, 6.07) is 7.39. The average Bonchev–Trinajstić information content (AvgIpc) is 2.01. The SMILES string of the molecule is N#Cc1cccc([Se]C(F)(F)F)c1. The van der Waals surface area contributed by atoms with Crippen molar-refractivity contribution in [2.45, 2.75) is 5.07 Å². The van der Waals surface area contributed by atoms with Gasteiger partial charge in [-0.3, -0.25) is 0 Å². The van der Waals surface area contributed by atoms with Gasteiger partial charge in [0.15, 0.2) is 0 Å². The van der Waals surface area contributed by atoms with E-state index in [1.54, 1.807) is 6.07 Å². The molecule has 1 rings (SSSR count). The first kappa shape index (κ1) is 10.1. The van der Waals surface area contributed by atoms with E-state index in [0.717, 1.165) is 0 Å². The summed E-state index contributed by atoms with van der Waals surface area (Å²) in [7, 11) is 0. The first-order chi connectivity index (χ1) is 6.01. The molecule has 0 saturated carbocycles. The van der Waals surface area contributed by atoms with Crippen molar-refractivity contribution in [1.82, 2.24) is 0 Å². The summed E-state index contributed by atoms with van der Waals surface area (Å²) >= 11 is -1.56. The number of halogens is 3. The van der Waals surface area contributed by atoms with Gasteiger partial charge in [-0.15, -0.1) is 0 Å². The average molecular weight is 250 g/mol. The molecule has 0 heterocycles. The number of alkyl halides is 3. The minimum atomic E-state index is -4.15. The molecule has 1 aromatic carbocycles. The van der Waals surface area contributed by atoms with Gasteiger partial charge in [-0.05, 0) is 0 Å². The summed E-state index contributed by atoms with van der Waals surface area (Å²) < 4.78 is 35.9. The van der Waals surface area contributed by atoms with E-state index in [1.807, 2.05) is 0 Å². The molecule has 0 atom stereocenters. The Morgan fingerprint density at radius 2 is 2.00 bits per heavy atom.